The number of rotatable bonds is 8. The first kappa shape index (κ1) is 15.4. The maximum atomic E-state index is 3.74. The molecule has 1 atom stereocenters. The van der Waals surface area contributed by atoms with Crippen molar-refractivity contribution in [2.75, 3.05) is 18.4 Å². The molecule has 0 aromatic heterocycles. The summed E-state index contributed by atoms with van der Waals surface area (Å²) in [5.74, 6) is 0.965. The van der Waals surface area contributed by atoms with Crippen molar-refractivity contribution in [2.45, 2.75) is 59.0 Å². The maximum Gasteiger partial charge on any atom is 0.0387 e. The summed E-state index contributed by atoms with van der Waals surface area (Å²) in [6.07, 6.45) is 5.63. The number of nitrogens with zero attached hydrogens (tertiary/aromatic N) is 1. The lowest BCUT2D eigenvalue weighted by atomic mass is 9.81. The molecule has 1 unspecified atom stereocenters. The van der Waals surface area contributed by atoms with Crippen molar-refractivity contribution in [1.29, 1.82) is 0 Å². The van der Waals surface area contributed by atoms with Crippen molar-refractivity contribution in [2.24, 2.45) is 5.92 Å². The summed E-state index contributed by atoms with van der Waals surface area (Å²) in [6, 6.07) is 9.37. The first-order chi connectivity index (χ1) is 9.72. The lowest BCUT2D eigenvalue weighted by Crippen LogP contribution is -2.25. The number of hydrogen-bond donors (Lipinski definition) is 1. The highest BCUT2D eigenvalue weighted by Crippen LogP contribution is 2.31. The first-order valence-corrected chi connectivity index (χ1v) is 8.29. The summed E-state index contributed by atoms with van der Waals surface area (Å²) in [6.45, 7) is 10.1. The molecule has 1 fully saturated rings. The Morgan fingerprint density at radius 2 is 1.90 bits per heavy atom. The van der Waals surface area contributed by atoms with Crippen LogP contribution in [0.25, 0.3) is 0 Å². The van der Waals surface area contributed by atoms with Crippen LogP contribution in [-0.2, 0) is 6.54 Å². The monoisotopic (exact) mass is 274 g/mol. The van der Waals surface area contributed by atoms with Crippen LogP contribution in [0.5, 0.6) is 0 Å². The van der Waals surface area contributed by atoms with Crippen LogP contribution < -0.4 is 5.32 Å². The van der Waals surface area contributed by atoms with Crippen molar-refractivity contribution in [1.82, 2.24) is 4.90 Å². The summed E-state index contributed by atoms with van der Waals surface area (Å²) in [5, 5.41) is 3.74. The number of benzene rings is 1. The molecular weight excluding hydrogens is 244 g/mol. The summed E-state index contributed by atoms with van der Waals surface area (Å²) in [5.41, 5.74) is 2.75. The maximum absolute atomic E-state index is 3.74. The van der Waals surface area contributed by atoms with E-state index >= 15 is 0 Å². The van der Waals surface area contributed by atoms with Crippen molar-refractivity contribution < 1.29 is 0 Å². The quantitative estimate of drug-likeness (QED) is 0.750. The lowest BCUT2D eigenvalue weighted by Gasteiger charge is -2.29. The second kappa shape index (κ2) is 7.68. The Kier molecular flexibility index (Phi) is 5.90. The van der Waals surface area contributed by atoms with Gasteiger partial charge in [-0.15, -0.1) is 0 Å². The number of anilines is 1. The molecule has 2 heteroatoms. The van der Waals surface area contributed by atoms with E-state index in [0.29, 0.717) is 6.04 Å². The van der Waals surface area contributed by atoms with Crippen molar-refractivity contribution in [3.8, 4) is 0 Å². The molecule has 1 saturated carbocycles. The molecule has 0 spiro atoms. The molecule has 0 heterocycles. The molecule has 20 heavy (non-hydrogen) atoms. The number of para-hydroxylation sites is 1. The van der Waals surface area contributed by atoms with Gasteiger partial charge in [-0.25, -0.2) is 0 Å². The molecular formula is C18H30N2. The Bertz CT molecular complexity index is 394. The van der Waals surface area contributed by atoms with E-state index < -0.39 is 0 Å². The average Bonchev–Trinajstić information content (AvgIpc) is 2.42. The molecule has 1 N–H and O–H groups in total. The van der Waals surface area contributed by atoms with Crippen LogP contribution in [0, 0.1) is 5.92 Å². The third-order valence-corrected chi connectivity index (χ3v) is 4.62. The predicted molar refractivity (Wildman–Crippen MR) is 88.1 cm³/mol. The Morgan fingerprint density at radius 1 is 1.20 bits per heavy atom. The fourth-order valence-electron chi connectivity index (χ4n) is 3.04. The highest BCUT2D eigenvalue weighted by molar-refractivity contribution is 5.51. The lowest BCUT2D eigenvalue weighted by molar-refractivity contribution is 0.285. The standard InChI is InChI=1S/C18H30N2/c1-4-20(5-2)14-17-11-6-7-12-18(17)19-15(3)13-16-9-8-10-16/h6-7,11-12,15-16,19H,4-5,8-10,13-14H2,1-3H3. The normalized spacial score (nSPS) is 17.0. The summed E-state index contributed by atoms with van der Waals surface area (Å²) in [4.78, 5) is 2.47. The van der Waals surface area contributed by atoms with E-state index in [2.05, 4.69) is 55.3 Å². The molecule has 2 rings (SSSR count). The molecule has 0 radical (unpaired) electrons. The Hall–Kier alpha value is -1.02. The van der Waals surface area contributed by atoms with Gasteiger partial charge in [0.1, 0.15) is 0 Å². The SMILES string of the molecule is CCN(CC)Cc1ccccc1NC(C)CC1CCC1. The number of hydrogen-bond acceptors (Lipinski definition) is 2. The van der Waals surface area contributed by atoms with Crippen molar-refractivity contribution >= 4 is 5.69 Å². The summed E-state index contributed by atoms with van der Waals surface area (Å²) in [7, 11) is 0. The van der Waals surface area contributed by atoms with E-state index in [1.54, 1.807) is 0 Å². The molecule has 2 nitrogen and oxygen atoms in total. The van der Waals surface area contributed by atoms with E-state index in [0.717, 1.165) is 25.6 Å². The molecule has 1 aromatic rings. The predicted octanol–water partition coefficient (Wildman–Crippen LogP) is 4.52. The zero-order valence-electron chi connectivity index (χ0n) is 13.4. The molecule has 0 bridgehead atoms. The van der Waals surface area contributed by atoms with Crippen LogP contribution in [0.2, 0.25) is 0 Å². The van der Waals surface area contributed by atoms with Crippen LogP contribution in [-0.4, -0.2) is 24.0 Å². The van der Waals surface area contributed by atoms with Gasteiger partial charge in [-0.3, -0.25) is 4.90 Å². The van der Waals surface area contributed by atoms with Crippen LogP contribution in [0.4, 0.5) is 5.69 Å². The van der Waals surface area contributed by atoms with Gasteiger partial charge in [0.05, 0.1) is 0 Å². The largest absolute Gasteiger partial charge is 0.382 e. The minimum absolute atomic E-state index is 0.582. The van der Waals surface area contributed by atoms with Gasteiger partial charge in [-0.05, 0) is 44.0 Å². The third kappa shape index (κ3) is 4.24. The molecule has 1 aliphatic rings. The zero-order valence-corrected chi connectivity index (χ0v) is 13.4. The molecule has 1 aromatic carbocycles. The molecule has 1 aliphatic carbocycles. The topological polar surface area (TPSA) is 15.3 Å². The minimum atomic E-state index is 0.582. The summed E-state index contributed by atoms with van der Waals surface area (Å²) >= 11 is 0. The third-order valence-electron chi connectivity index (χ3n) is 4.62. The van der Waals surface area contributed by atoms with Gasteiger partial charge in [-0.1, -0.05) is 51.3 Å². The smallest absolute Gasteiger partial charge is 0.0387 e. The van der Waals surface area contributed by atoms with Crippen molar-refractivity contribution in [3.05, 3.63) is 29.8 Å². The average molecular weight is 274 g/mol. The van der Waals surface area contributed by atoms with E-state index in [1.807, 2.05) is 0 Å². The van der Waals surface area contributed by atoms with Crippen molar-refractivity contribution in [3.63, 3.8) is 0 Å². The van der Waals surface area contributed by atoms with E-state index in [1.165, 1.54) is 36.9 Å². The van der Waals surface area contributed by atoms with Crippen LogP contribution in [0.1, 0.15) is 52.0 Å². The van der Waals surface area contributed by atoms with E-state index in [9.17, 15) is 0 Å². The fraction of sp³-hybridized carbons (Fsp3) is 0.667. The minimum Gasteiger partial charge on any atom is -0.382 e. The van der Waals surface area contributed by atoms with Gasteiger partial charge < -0.3 is 5.32 Å². The van der Waals surface area contributed by atoms with Gasteiger partial charge in [0, 0.05) is 18.3 Å². The second-order valence-corrected chi connectivity index (χ2v) is 6.20. The second-order valence-electron chi connectivity index (χ2n) is 6.20. The van der Waals surface area contributed by atoms with Gasteiger partial charge >= 0.3 is 0 Å². The molecule has 0 saturated heterocycles. The highest BCUT2D eigenvalue weighted by atomic mass is 15.1. The Morgan fingerprint density at radius 3 is 2.50 bits per heavy atom. The van der Waals surface area contributed by atoms with E-state index in [4.69, 9.17) is 0 Å². The van der Waals surface area contributed by atoms with Crippen LogP contribution in [0.15, 0.2) is 24.3 Å². The van der Waals surface area contributed by atoms with Gasteiger partial charge in [0.25, 0.3) is 0 Å². The highest BCUT2D eigenvalue weighted by Gasteiger charge is 2.20. The first-order valence-electron chi connectivity index (χ1n) is 8.29. The molecule has 0 amide bonds. The molecule has 112 valence electrons. The van der Waals surface area contributed by atoms with Gasteiger partial charge in [0.15, 0.2) is 0 Å². The van der Waals surface area contributed by atoms with Crippen LogP contribution in [0.3, 0.4) is 0 Å². The Labute approximate surface area is 124 Å². The fourth-order valence-corrected chi connectivity index (χ4v) is 3.04. The summed E-state index contributed by atoms with van der Waals surface area (Å²) < 4.78 is 0. The van der Waals surface area contributed by atoms with E-state index in [-0.39, 0.29) is 0 Å². The van der Waals surface area contributed by atoms with Gasteiger partial charge in [0.2, 0.25) is 0 Å². The molecule has 0 aliphatic heterocycles. The van der Waals surface area contributed by atoms with Crippen LogP contribution >= 0.6 is 0 Å². The van der Waals surface area contributed by atoms with Gasteiger partial charge in [-0.2, -0.15) is 0 Å². The Balaban J connectivity index is 1.95. The zero-order chi connectivity index (χ0) is 14.4. The number of nitrogens with one attached hydrogen (secondary N) is 1.